The van der Waals surface area contributed by atoms with Crippen LogP contribution in [0, 0.1) is 0 Å². The molecule has 0 amide bonds. The quantitative estimate of drug-likeness (QED) is 0.892. The lowest BCUT2D eigenvalue weighted by Crippen LogP contribution is -2.13. The summed E-state index contributed by atoms with van der Waals surface area (Å²) in [6.45, 7) is 3.78. The number of hydrogen-bond donors (Lipinski definition) is 1. The van der Waals surface area contributed by atoms with Crippen molar-refractivity contribution in [3.63, 3.8) is 0 Å². The molecule has 0 bridgehead atoms. The number of hydrogen-bond acceptors (Lipinski definition) is 3. The summed E-state index contributed by atoms with van der Waals surface area (Å²) in [7, 11) is 0. The lowest BCUT2D eigenvalue weighted by molar-refractivity contribution is -0.136. The summed E-state index contributed by atoms with van der Waals surface area (Å²) < 4.78 is 38.5. The minimum atomic E-state index is -4.41. The first-order valence-electron chi connectivity index (χ1n) is 5.47. The fourth-order valence-corrected chi connectivity index (χ4v) is 1.70. The lowest BCUT2D eigenvalue weighted by Gasteiger charge is -2.13. The largest absolute Gasteiger partial charge is 0.418 e. The highest BCUT2D eigenvalue weighted by Gasteiger charge is 2.33. The van der Waals surface area contributed by atoms with Crippen molar-refractivity contribution in [1.82, 2.24) is 9.97 Å². The lowest BCUT2D eigenvalue weighted by atomic mass is 10.1. The number of anilines is 1. The van der Waals surface area contributed by atoms with E-state index in [1.54, 1.807) is 6.07 Å². The van der Waals surface area contributed by atoms with Gasteiger partial charge in [0, 0.05) is 11.4 Å². The maximum Gasteiger partial charge on any atom is 0.418 e. The van der Waals surface area contributed by atoms with Gasteiger partial charge < -0.3 is 5.32 Å². The van der Waals surface area contributed by atoms with Crippen molar-refractivity contribution in [2.75, 3.05) is 5.32 Å². The van der Waals surface area contributed by atoms with Gasteiger partial charge in [0.1, 0.15) is 12.1 Å². The summed E-state index contributed by atoms with van der Waals surface area (Å²) >= 11 is 0. The first-order chi connectivity index (χ1) is 8.39. The number of alkyl halides is 3. The van der Waals surface area contributed by atoms with E-state index in [4.69, 9.17) is 0 Å². The summed E-state index contributed by atoms with van der Waals surface area (Å²) in [6.07, 6.45) is -3.27. The molecular weight excluding hydrogens is 243 g/mol. The van der Waals surface area contributed by atoms with Crippen LogP contribution in [0.1, 0.15) is 19.4 Å². The maximum atomic E-state index is 12.8. The zero-order valence-corrected chi connectivity index (χ0v) is 9.92. The van der Waals surface area contributed by atoms with Crippen molar-refractivity contribution < 1.29 is 13.2 Å². The van der Waals surface area contributed by atoms with Crippen LogP contribution in [-0.2, 0) is 6.18 Å². The van der Waals surface area contributed by atoms with E-state index in [0.29, 0.717) is 11.2 Å². The Labute approximate surface area is 102 Å². The van der Waals surface area contributed by atoms with E-state index in [0.717, 1.165) is 12.4 Å². The van der Waals surface area contributed by atoms with Gasteiger partial charge in [-0.1, -0.05) is 6.07 Å². The average molecular weight is 255 g/mol. The summed E-state index contributed by atoms with van der Waals surface area (Å²) in [5, 5.41) is 3.38. The zero-order valence-electron chi connectivity index (χ0n) is 9.92. The molecule has 2 rings (SSSR count). The van der Waals surface area contributed by atoms with Gasteiger partial charge in [0.2, 0.25) is 0 Å². The van der Waals surface area contributed by atoms with E-state index in [9.17, 15) is 13.2 Å². The van der Waals surface area contributed by atoms with E-state index in [2.05, 4.69) is 15.3 Å². The van der Waals surface area contributed by atoms with Gasteiger partial charge in [-0.25, -0.2) is 9.97 Å². The van der Waals surface area contributed by atoms with Gasteiger partial charge in [0.05, 0.1) is 11.1 Å². The Morgan fingerprint density at radius 1 is 1.17 bits per heavy atom. The van der Waals surface area contributed by atoms with E-state index in [1.807, 2.05) is 13.8 Å². The van der Waals surface area contributed by atoms with Crippen LogP contribution >= 0.6 is 0 Å². The number of nitrogens with zero attached hydrogens (tertiary/aromatic N) is 2. The molecule has 0 saturated heterocycles. The van der Waals surface area contributed by atoms with Gasteiger partial charge in [-0.3, -0.25) is 0 Å². The Kier molecular flexibility index (Phi) is 3.11. The molecule has 96 valence electrons. The second-order valence-electron chi connectivity index (χ2n) is 4.22. The summed E-state index contributed by atoms with van der Waals surface area (Å²) in [5.41, 5.74) is -0.822. The van der Waals surface area contributed by atoms with E-state index in [1.165, 1.54) is 6.07 Å². The third-order valence-corrected chi connectivity index (χ3v) is 2.40. The Bertz CT molecular complexity index is 564. The second kappa shape index (κ2) is 4.44. The molecule has 1 aromatic carbocycles. The van der Waals surface area contributed by atoms with Crippen LogP contribution in [0.25, 0.3) is 10.9 Å². The molecule has 1 aromatic heterocycles. The van der Waals surface area contributed by atoms with Crippen LogP contribution in [0.2, 0.25) is 0 Å². The monoisotopic (exact) mass is 255 g/mol. The highest BCUT2D eigenvalue weighted by Crippen LogP contribution is 2.35. The number of rotatable bonds is 2. The fraction of sp³-hybridized carbons (Fsp3) is 0.333. The van der Waals surface area contributed by atoms with Crippen LogP contribution in [0.15, 0.2) is 24.5 Å². The number of nitrogens with one attached hydrogen (secondary N) is 1. The number of para-hydroxylation sites is 1. The van der Waals surface area contributed by atoms with Crippen molar-refractivity contribution in [3.8, 4) is 0 Å². The minimum absolute atomic E-state index is 0.0804. The Balaban J connectivity index is 2.66. The summed E-state index contributed by atoms with van der Waals surface area (Å²) in [6, 6.07) is 4.04. The van der Waals surface area contributed by atoms with Crippen LogP contribution in [0.4, 0.5) is 19.0 Å². The Morgan fingerprint density at radius 2 is 1.89 bits per heavy atom. The molecular formula is C12H12F3N3. The SMILES string of the molecule is CC(C)Nc1ncnc2c(C(F)(F)F)cccc12. The first-order valence-corrected chi connectivity index (χ1v) is 5.47. The van der Waals surface area contributed by atoms with Crippen molar-refractivity contribution in [2.45, 2.75) is 26.1 Å². The maximum absolute atomic E-state index is 12.8. The number of halogens is 3. The molecule has 0 aliphatic heterocycles. The van der Waals surface area contributed by atoms with E-state index < -0.39 is 11.7 Å². The predicted octanol–water partition coefficient (Wildman–Crippen LogP) is 3.47. The van der Waals surface area contributed by atoms with Crippen molar-refractivity contribution in [2.24, 2.45) is 0 Å². The topological polar surface area (TPSA) is 37.8 Å². The molecule has 0 atom stereocenters. The summed E-state index contributed by atoms with van der Waals surface area (Å²) in [5.74, 6) is 0.418. The van der Waals surface area contributed by atoms with Gasteiger partial charge in [0.25, 0.3) is 0 Å². The fourth-order valence-electron chi connectivity index (χ4n) is 1.70. The number of aromatic nitrogens is 2. The highest BCUT2D eigenvalue weighted by atomic mass is 19.4. The first kappa shape index (κ1) is 12.6. The van der Waals surface area contributed by atoms with Gasteiger partial charge in [-0.05, 0) is 26.0 Å². The van der Waals surface area contributed by atoms with Crippen LogP contribution < -0.4 is 5.32 Å². The molecule has 6 heteroatoms. The molecule has 0 aliphatic rings. The molecule has 0 saturated carbocycles. The normalized spacial score (nSPS) is 12.1. The van der Waals surface area contributed by atoms with Crippen molar-refractivity contribution in [1.29, 1.82) is 0 Å². The van der Waals surface area contributed by atoms with Crippen molar-refractivity contribution in [3.05, 3.63) is 30.1 Å². The van der Waals surface area contributed by atoms with Crippen LogP contribution in [0.5, 0.6) is 0 Å². The van der Waals surface area contributed by atoms with Gasteiger partial charge >= 0.3 is 6.18 Å². The molecule has 0 unspecified atom stereocenters. The molecule has 18 heavy (non-hydrogen) atoms. The zero-order chi connectivity index (χ0) is 13.3. The molecule has 3 nitrogen and oxygen atoms in total. The number of benzene rings is 1. The van der Waals surface area contributed by atoms with Gasteiger partial charge in [-0.2, -0.15) is 13.2 Å². The third-order valence-electron chi connectivity index (χ3n) is 2.40. The molecule has 0 aliphatic carbocycles. The average Bonchev–Trinajstić information content (AvgIpc) is 2.26. The Hall–Kier alpha value is -1.85. The second-order valence-corrected chi connectivity index (χ2v) is 4.22. The van der Waals surface area contributed by atoms with E-state index in [-0.39, 0.29) is 11.6 Å². The van der Waals surface area contributed by atoms with Gasteiger partial charge in [-0.15, -0.1) is 0 Å². The standard InChI is InChI=1S/C12H12F3N3/c1-7(2)18-11-8-4-3-5-9(12(13,14)15)10(8)16-6-17-11/h3-7H,1-2H3,(H,16,17,18). The van der Waals surface area contributed by atoms with E-state index >= 15 is 0 Å². The highest BCUT2D eigenvalue weighted by molar-refractivity contribution is 5.91. The molecule has 1 heterocycles. The van der Waals surface area contributed by atoms with Crippen LogP contribution in [-0.4, -0.2) is 16.0 Å². The molecule has 2 aromatic rings. The molecule has 0 spiro atoms. The van der Waals surface area contributed by atoms with Crippen molar-refractivity contribution >= 4 is 16.7 Å². The molecule has 0 fully saturated rings. The summed E-state index contributed by atoms with van der Waals surface area (Å²) in [4.78, 5) is 7.73. The Morgan fingerprint density at radius 3 is 2.50 bits per heavy atom. The van der Waals surface area contributed by atoms with Crippen LogP contribution in [0.3, 0.4) is 0 Å². The third kappa shape index (κ3) is 2.37. The minimum Gasteiger partial charge on any atom is -0.367 e. The number of fused-ring (bicyclic) bond motifs is 1. The smallest absolute Gasteiger partial charge is 0.367 e. The van der Waals surface area contributed by atoms with Gasteiger partial charge in [0.15, 0.2) is 0 Å². The molecule has 1 N–H and O–H groups in total. The predicted molar refractivity (Wildman–Crippen MR) is 63.3 cm³/mol. The molecule has 0 radical (unpaired) electrons.